The first kappa shape index (κ1) is 20.7. The molecule has 2 atom stereocenters. The van der Waals surface area contributed by atoms with Crippen molar-refractivity contribution in [1.29, 1.82) is 0 Å². The first-order valence-corrected chi connectivity index (χ1v) is 9.87. The number of carbonyl (C=O) groups excluding carboxylic acids is 1. The fraction of sp³-hybridized carbons (Fsp3) is 0.450. The number of amides is 2. The Bertz CT molecular complexity index is 690. The van der Waals surface area contributed by atoms with E-state index in [1.54, 1.807) is 11.3 Å². The van der Waals surface area contributed by atoms with Gasteiger partial charge in [-0.3, -0.25) is 0 Å². The van der Waals surface area contributed by atoms with Gasteiger partial charge in [0.1, 0.15) is 0 Å². The van der Waals surface area contributed by atoms with Gasteiger partial charge in [-0.2, -0.15) is 11.3 Å². The van der Waals surface area contributed by atoms with Crippen LogP contribution in [0.1, 0.15) is 35.6 Å². The smallest absolute Gasteiger partial charge is 0.315 e. The number of hydrogen-bond acceptors (Lipinski definition) is 3. The molecule has 1 aliphatic carbocycles. The average Bonchev–Trinajstić information content (AvgIpc) is 3.12. The van der Waals surface area contributed by atoms with Crippen LogP contribution in [0.5, 0.6) is 0 Å². The molecule has 0 saturated carbocycles. The van der Waals surface area contributed by atoms with E-state index in [4.69, 9.17) is 0 Å². The standard InChI is InChI=1S/C20H27N3OS.ClH/c1-23(2)19(17-10-12-25-14-17)9-11-21-20(24)22-18-8-7-15-5-3-4-6-16(15)13-18;/h3-6,10,12,14,18-19H,7-9,11,13H2,1-2H3,(H2,21,22,24);1H/t18-,19+;/m0./s1. The molecule has 26 heavy (non-hydrogen) atoms. The Morgan fingerprint density at radius 2 is 2.04 bits per heavy atom. The van der Waals surface area contributed by atoms with Crippen molar-refractivity contribution >= 4 is 29.8 Å². The van der Waals surface area contributed by atoms with Gasteiger partial charge in [-0.15, -0.1) is 12.4 Å². The predicted molar refractivity (Wildman–Crippen MR) is 111 cm³/mol. The predicted octanol–water partition coefficient (Wildman–Crippen LogP) is 4.02. The van der Waals surface area contributed by atoms with E-state index >= 15 is 0 Å². The van der Waals surface area contributed by atoms with E-state index in [1.165, 1.54) is 16.7 Å². The molecule has 4 nitrogen and oxygen atoms in total. The molecule has 0 saturated heterocycles. The summed E-state index contributed by atoms with van der Waals surface area (Å²) in [6.45, 7) is 0.674. The molecule has 2 amide bonds. The molecule has 2 N–H and O–H groups in total. The van der Waals surface area contributed by atoms with Crippen molar-refractivity contribution in [2.75, 3.05) is 20.6 Å². The van der Waals surface area contributed by atoms with E-state index in [0.717, 1.165) is 25.7 Å². The van der Waals surface area contributed by atoms with Crippen LogP contribution in [0.3, 0.4) is 0 Å². The molecule has 1 aromatic heterocycles. The van der Waals surface area contributed by atoms with Crippen molar-refractivity contribution in [3.8, 4) is 0 Å². The van der Waals surface area contributed by atoms with Crippen molar-refractivity contribution < 1.29 is 4.79 Å². The lowest BCUT2D eigenvalue weighted by Crippen LogP contribution is -2.45. The molecule has 0 bridgehead atoms. The minimum Gasteiger partial charge on any atom is -0.338 e. The van der Waals surface area contributed by atoms with Crippen LogP contribution in [0.4, 0.5) is 4.79 Å². The van der Waals surface area contributed by atoms with Gasteiger partial charge in [0.15, 0.2) is 0 Å². The van der Waals surface area contributed by atoms with Crippen LogP contribution in [0, 0.1) is 0 Å². The van der Waals surface area contributed by atoms with Crippen LogP contribution < -0.4 is 10.6 Å². The van der Waals surface area contributed by atoms with Gasteiger partial charge in [-0.1, -0.05) is 24.3 Å². The Hall–Kier alpha value is -1.56. The molecule has 142 valence electrons. The molecular formula is C20H28ClN3OS. The highest BCUT2D eigenvalue weighted by Crippen LogP contribution is 2.24. The maximum absolute atomic E-state index is 12.2. The monoisotopic (exact) mass is 393 g/mol. The van der Waals surface area contributed by atoms with Crippen molar-refractivity contribution in [3.63, 3.8) is 0 Å². The highest BCUT2D eigenvalue weighted by Gasteiger charge is 2.20. The number of halogens is 1. The van der Waals surface area contributed by atoms with Crippen LogP contribution in [0.15, 0.2) is 41.1 Å². The summed E-state index contributed by atoms with van der Waals surface area (Å²) in [5.41, 5.74) is 4.11. The third-order valence-corrected chi connectivity index (χ3v) is 5.64. The van der Waals surface area contributed by atoms with Gasteiger partial charge in [0, 0.05) is 18.6 Å². The molecule has 1 heterocycles. The summed E-state index contributed by atoms with van der Waals surface area (Å²) in [7, 11) is 4.17. The normalized spacial score (nSPS) is 17.1. The molecule has 0 unspecified atom stereocenters. The second-order valence-electron chi connectivity index (χ2n) is 6.93. The van der Waals surface area contributed by atoms with Crippen molar-refractivity contribution in [3.05, 3.63) is 57.8 Å². The number of hydrogen-bond donors (Lipinski definition) is 2. The van der Waals surface area contributed by atoms with Crippen LogP contribution in [-0.2, 0) is 12.8 Å². The van der Waals surface area contributed by atoms with E-state index in [9.17, 15) is 4.79 Å². The highest BCUT2D eigenvalue weighted by molar-refractivity contribution is 7.07. The number of benzene rings is 1. The zero-order valence-electron chi connectivity index (χ0n) is 15.4. The summed E-state index contributed by atoms with van der Waals surface area (Å²) >= 11 is 1.72. The van der Waals surface area contributed by atoms with Crippen LogP contribution in [0.25, 0.3) is 0 Å². The van der Waals surface area contributed by atoms with E-state index in [0.29, 0.717) is 12.6 Å². The van der Waals surface area contributed by atoms with Gasteiger partial charge in [-0.25, -0.2) is 4.79 Å². The van der Waals surface area contributed by atoms with Gasteiger partial charge in [-0.05, 0) is 73.3 Å². The molecule has 0 aliphatic heterocycles. The lowest BCUT2D eigenvalue weighted by Gasteiger charge is -2.26. The summed E-state index contributed by atoms with van der Waals surface area (Å²) in [4.78, 5) is 14.4. The maximum atomic E-state index is 12.2. The Balaban J connectivity index is 0.00000243. The van der Waals surface area contributed by atoms with E-state index < -0.39 is 0 Å². The number of nitrogens with zero attached hydrogens (tertiary/aromatic N) is 1. The fourth-order valence-electron chi connectivity index (χ4n) is 3.57. The van der Waals surface area contributed by atoms with Crippen molar-refractivity contribution in [2.24, 2.45) is 0 Å². The second kappa shape index (κ2) is 9.95. The zero-order chi connectivity index (χ0) is 17.6. The lowest BCUT2D eigenvalue weighted by molar-refractivity contribution is 0.232. The van der Waals surface area contributed by atoms with Gasteiger partial charge < -0.3 is 15.5 Å². The van der Waals surface area contributed by atoms with Crippen molar-refractivity contribution in [1.82, 2.24) is 15.5 Å². The summed E-state index contributed by atoms with van der Waals surface area (Å²) in [6, 6.07) is 11.2. The minimum absolute atomic E-state index is 0. The maximum Gasteiger partial charge on any atom is 0.315 e. The van der Waals surface area contributed by atoms with Gasteiger partial charge in [0.2, 0.25) is 0 Å². The Kier molecular flexibility index (Phi) is 7.94. The number of thiophene rings is 1. The largest absolute Gasteiger partial charge is 0.338 e. The Labute approximate surface area is 166 Å². The Morgan fingerprint density at radius 3 is 2.73 bits per heavy atom. The SMILES string of the molecule is CN(C)[C@H](CCNC(=O)N[C@H]1CCc2ccccc2C1)c1ccsc1.Cl. The molecular weight excluding hydrogens is 366 g/mol. The fourth-order valence-corrected chi connectivity index (χ4v) is 4.27. The molecule has 0 radical (unpaired) electrons. The molecule has 1 aromatic carbocycles. The molecule has 1 aliphatic rings. The van der Waals surface area contributed by atoms with Gasteiger partial charge in [0.25, 0.3) is 0 Å². The van der Waals surface area contributed by atoms with E-state index in [-0.39, 0.29) is 24.5 Å². The number of rotatable bonds is 6. The third kappa shape index (κ3) is 5.47. The summed E-state index contributed by atoms with van der Waals surface area (Å²) in [5, 5.41) is 10.5. The highest BCUT2D eigenvalue weighted by atomic mass is 35.5. The lowest BCUT2D eigenvalue weighted by atomic mass is 9.88. The first-order valence-electron chi connectivity index (χ1n) is 8.93. The number of aryl methyl sites for hydroxylation is 1. The summed E-state index contributed by atoms with van der Waals surface area (Å²) in [5.74, 6) is 0. The summed E-state index contributed by atoms with van der Waals surface area (Å²) in [6.07, 6.45) is 3.89. The second-order valence-corrected chi connectivity index (χ2v) is 7.71. The van der Waals surface area contributed by atoms with Gasteiger partial charge in [0.05, 0.1) is 0 Å². The number of carbonyl (C=O) groups is 1. The minimum atomic E-state index is -0.0489. The molecule has 6 heteroatoms. The van der Waals surface area contributed by atoms with Crippen LogP contribution in [0.2, 0.25) is 0 Å². The number of urea groups is 1. The topological polar surface area (TPSA) is 44.4 Å². The third-order valence-electron chi connectivity index (χ3n) is 4.94. The first-order chi connectivity index (χ1) is 12.1. The summed E-state index contributed by atoms with van der Waals surface area (Å²) < 4.78 is 0. The number of fused-ring (bicyclic) bond motifs is 1. The van der Waals surface area contributed by atoms with Crippen LogP contribution in [-0.4, -0.2) is 37.6 Å². The zero-order valence-corrected chi connectivity index (χ0v) is 17.0. The van der Waals surface area contributed by atoms with E-state index in [1.807, 2.05) is 0 Å². The Morgan fingerprint density at radius 1 is 1.27 bits per heavy atom. The quantitative estimate of drug-likeness (QED) is 0.778. The molecule has 0 spiro atoms. The van der Waals surface area contributed by atoms with Crippen molar-refractivity contribution in [2.45, 2.75) is 37.8 Å². The molecule has 2 aromatic rings. The van der Waals surface area contributed by atoms with Gasteiger partial charge >= 0.3 is 6.03 Å². The molecule has 3 rings (SSSR count). The van der Waals surface area contributed by atoms with Crippen LogP contribution >= 0.6 is 23.7 Å². The molecule has 0 fully saturated rings. The van der Waals surface area contributed by atoms with E-state index in [2.05, 4.69) is 70.7 Å². The number of nitrogens with one attached hydrogen (secondary N) is 2. The average molecular weight is 394 g/mol.